The van der Waals surface area contributed by atoms with Gasteiger partial charge in [-0.25, -0.2) is 0 Å². The number of rotatable bonds is 3. The summed E-state index contributed by atoms with van der Waals surface area (Å²) in [5.41, 5.74) is 1.29. The van der Waals surface area contributed by atoms with E-state index in [0.29, 0.717) is 12.3 Å². The van der Waals surface area contributed by atoms with Gasteiger partial charge in [-0.05, 0) is 24.3 Å². The predicted molar refractivity (Wildman–Crippen MR) is 71.1 cm³/mol. The van der Waals surface area contributed by atoms with Crippen LogP contribution in [0, 0.1) is 5.92 Å². The number of hydrogen-bond donors (Lipinski definition) is 1. The van der Waals surface area contributed by atoms with Crippen molar-refractivity contribution in [3.05, 3.63) is 35.9 Å². The zero-order valence-corrected chi connectivity index (χ0v) is 10.6. The average molecular weight is 244 g/mol. The fourth-order valence-electron chi connectivity index (χ4n) is 2.60. The van der Waals surface area contributed by atoms with Gasteiger partial charge in [-0.15, -0.1) is 0 Å². The van der Waals surface area contributed by atoms with E-state index in [1.54, 1.807) is 0 Å². The Bertz CT molecular complexity index is 414. The second-order valence-corrected chi connectivity index (χ2v) is 5.41. The van der Waals surface area contributed by atoms with Gasteiger partial charge in [0.25, 0.3) is 0 Å². The number of hydrogen-bond acceptors (Lipinski definition) is 2. The Hall–Kier alpha value is -1.35. The van der Waals surface area contributed by atoms with Crippen molar-refractivity contribution >= 4 is 5.91 Å². The Balaban J connectivity index is 1.72. The van der Waals surface area contributed by atoms with E-state index in [1.165, 1.54) is 18.4 Å². The third kappa shape index (κ3) is 2.72. The first-order valence-electron chi connectivity index (χ1n) is 6.89. The molecule has 3 heteroatoms. The molecule has 1 aromatic carbocycles. The van der Waals surface area contributed by atoms with Gasteiger partial charge in [0.05, 0.1) is 0 Å². The molecule has 1 heterocycles. The first kappa shape index (κ1) is 11.7. The van der Waals surface area contributed by atoms with Crippen LogP contribution in [0.5, 0.6) is 0 Å². The highest BCUT2D eigenvalue weighted by Crippen LogP contribution is 2.31. The molecule has 3 rings (SSSR count). The topological polar surface area (TPSA) is 32.3 Å². The van der Waals surface area contributed by atoms with Crippen LogP contribution in [0.25, 0.3) is 0 Å². The number of carbonyl (C=O) groups excluding carboxylic acids is 1. The van der Waals surface area contributed by atoms with Crippen LogP contribution in [0.2, 0.25) is 0 Å². The minimum absolute atomic E-state index is 0.288. The van der Waals surface area contributed by atoms with Gasteiger partial charge in [-0.2, -0.15) is 0 Å². The maximum absolute atomic E-state index is 12.0. The van der Waals surface area contributed by atoms with Crippen molar-refractivity contribution in [3.8, 4) is 0 Å². The van der Waals surface area contributed by atoms with Gasteiger partial charge in [-0.3, -0.25) is 4.79 Å². The molecule has 1 atom stereocenters. The molecule has 1 N–H and O–H groups in total. The molecule has 3 nitrogen and oxygen atoms in total. The quantitative estimate of drug-likeness (QED) is 0.881. The molecule has 0 aromatic heterocycles. The second-order valence-electron chi connectivity index (χ2n) is 5.41. The summed E-state index contributed by atoms with van der Waals surface area (Å²) in [4.78, 5) is 14.1. The Labute approximate surface area is 108 Å². The molecule has 1 saturated heterocycles. The molecule has 0 radical (unpaired) electrons. The molecule has 1 aliphatic carbocycles. The van der Waals surface area contributed by atoms with Crippen LogP contribution >= 0.6 is 0 Å². The van der Waals surface area contributed by atoms with Crippen molar-refractivity contribution in [2.24, 2.45) is 5.92 Å². The summed E-state index contributed by atoms with van der Waals surface area (Å²) in [6.45, 7) is 2.57. The van der Waals surface area contributed by atoms with Gasteiger partial charge in [0.15, 0.2) is 0 Å². The summed E-state index contributed by atoms with van der Waals surface area (Å²) in [6.07, 6.45) is 3.23. The predicted octanol–water partition coefficient (Wildman–Crippen LogP) is 1.96. The van der Waals surface area contributed by atoms with Gasteiger partial charge < -0.3 is 10.2 Å². The monoisotopic (exact) mass is 244 g/mol. The minimum atomic E-state index is 0.288. The van der Waals surface area contributed by atoms with Crippen molar-refractivity contribution in [2.45, 2.75) is 25.3 Å². The zero-order valence-electron chi connectivity index (χ0n) is 10.6. The number of benzene rings is 1. The Morgan fingerprint density at radius 1 is 1.22 bits per heavy atom. The summed E-state index contributed by atoms with van der Waals surface area (Å²) in [5, 5.41) is 3.49. The third-order valence-corrected chi connectivity index (χ3v) is 3.86. The minimum Gasteiger partial charge on any atom is -0.340 e. The van der Waals surface area contributed by atoms with Gasteiger partial charge in [-0.1, -0.05) is 30.3 Å². The molecule has 2 fully saturated rings. The van der Waals surface area contributed by atoms with Crippen LogP contribution in [0.15, 0.2) is 30.3 Å². The molecule has 18 heavy (non-hydrogen) atoms. The molecule has 0 spiro atoms. The third-order valence-electron chi connectivity index (χ3n) is 3.86. The van der Waals surface area contributed by atoms with Gasteiger partial charge in [0.1, 0.15) is 0 Å². The lowest BCUT2D eigenvalue weighted by atomic mass is 10.1. The van der Waals surface area contributed by atoms with E-state index in [2.05, 4.69) is 34.5 Å². The Morgan fingerprint density at radius 3 is 2.72 bits per heavy atom. The van der Waals surface area contributed by atoms with Crippen LogP contribution in [0.1, 0.15) is 30.9 Å². The van der Waals surface area contributed by atoms with Crippen molar-refractivity contribution in [3.63, 3.8) is 0 Å². The highest BCUT2D eigenvalue weighted by Gasteiger charge is 2.29. The van der Waals surface area contributed by atoms with Gasteiger partial charge in [0, 0.05) is 32.1 Å². The standard InChI is InChI=1S/C15H20N2O/c18-15-8-9-16-14(13-4-2-1-3-5-13)11-17(15)10-12-6-7-12/h1-5,12,14,16H,6-11H2. The number of nitrogens with zero attached hydrogens (tertiary/aromatic N) is 1. The lowest BCUT2D eigenvalue weighted by molar-refractivity contribution is -0.130. The first-order valence-corrected chi connectivity index (χ1v) is 6.89. The maximum atomic E-state index is 12.0. The van der Waals surface area contributed by atoms with Crippen LogP contribution in [-0.4, -0.2) is 30.4 Å². The van der Waals surface area contributed by atoms with Crippen molar-refractivity contribution in [2.75, 3.05) is 19.6 Å². The van der Waals surface area contributed by atoms with Crippen LogP contribution in [0.4, 0.5) is 0 Å². The highest BCUT2D eigenvalue weighted by molar-refractivity contribution is 5.76. The lowest BCUT2D eigenvalue weighted by Crippen LogP contribution is -2.35. The molecular weight excluding hydrogens is 224 g/mol. The molecule has 1 unspecified atom stereocenters. The summed E-state index contributed by atoms with van der Waals surface area (Å²) in [5.74, 6) is 1.08. The van der Waals surface area contributed by atoms with E-state index < -0.39 is 0 Å². The summed E-state index contributed by atoms with van der Waals surface area (Å²) < 4.78 is 0. The summed E-state index contributed by atoms with van der Waals surface area (Å²) in [7, 11) is 0. The SMILES string of the molecule is O=C1CCNC(c2ccccc2)CN1CC1CC1. The first-order chi connectivity index (χ1) is 8.83. The fourth-order valence-corrected chi connectivity index (χ4v) is 2.60. The molecule has 96 valence electrons. The van der Waals surface area contributed by atoms with E-state index in [-0.39, 0.29) is 6.04 Å². The van der Waals surface area contributed by atoms with Gasteiger partial charge >= 0.3 is 0 Å². The molecule has 0 bridgehead atoms. The van der Waals surface area contributed by atoms with E-state index in [4.69, 9.17) is 0 Å². The van der Waals surface area contributed by atoms with Crippen LogP contribution < -0.4 is 5.32 Å². The number of carbonyl (C=O) groups is 1. The zero-order chi connectivity index (χ0) is 12.4. The number of amides is 1. The molecule has 1 saturated carbocycles. The second kappa shape index (κ2) is 5.11. The molecule has 1 aliphatic heterocycles. The lowest BCUT2D eigenvalue weighted by Gasteiger charge is -2.25. The van der Waals surface area contributed by atoms with E-state index in [0.717, 1.165) is 25.6 Å². The normalized spacial score (nSPS) is 25.0. The Kier molecular flexibility index (Phi) is 3.33. The van der Waals surface area contributed by atoms with Gasteiger partial charge in [0.2, 0.25) is 5.91 Å². The highest BCUT2D eigenvalue weighted by atomic mass is 16.2. The molecule has 1 aromatic rings. The average Bonchev–Trinajstić information content (AvgIpc) is 3.21. The van der Waals surface area contributed by atoms with E-state index in [9.17, 15) is 4.79 Å². The number of nitrogens with one attached hydrogen (secondary N) is 1. The summed E-state index contributed by atoms with van der Waals surface area (Å²) in [6, 6.07) is 10.7. The van der Waals surface area contributed by atoms with E-state index >= 15 is 0 Å². The largest absolute Gasteiger partial charge is 0.340 e. The van der Waals surface area contributed by atoms with Crippen LogP contribution in [0.3, 0.4) is 0 Å². The Morgan fingerprint density at radius 2 is 2.00 bits per heavy atom. The van der Waals surface area contributed by atoms with Crippen LogP contribution in [-0.2, 0) is 4.79 Å². The van der Waals surface area contributed by atoms with Crippen molar-refractivity contribution < 1.29 is 4.79 Å². The molecule has 2 aliphatic rings. The van der Waals surface area contributed by atoms with Crippen molar-refractivity contribution in [1.29, 1.82) is 0 Å². The smallest absolute Gasteiger partial charge is 0.223 e. The van der Waals surface area contributed by atoms with E-state index in [1.807, 2.05) is 6.07 Å². The molecule has 1 amide bonds. The maximum Gasteiger partial charge on any atom is 0.223 e. The fraction of sp³-hybridized carbons (Fsp3) is 0.533. The summed E-state index contributed by atoms with van der Waals surface area (Å²) >= 11 is 0. The molecular formula is C15H20N2O. The van der Waals surface area contributed by atoms with Crippen molar-refractivity contribution in [1.82, 2.24) is 10.2 Å².